The molecule has 0 radical (unpaired) electrons. The minimum Gasteiger partial charge on any atom is -0.383 e. The molecular weight excluding hydrogens is 178 g/mol. The fraction of sp³-hybridized carbons (Fsp3) is 0.900. The van der Waals surface area contributed by atoms with Crippen molar-refractivity contribution >= 4 is 0 Å². The summed E-state index contributed by atoms with van der Waals surface area (Å²) in [6.07, 6.45) is 0.866. The van der Waals surface area contributed by atoms with Crippen LogP contribution in [-0.4, -0.2) is 51.3 Å². The van der Waals surface area contributed by atoms with Crippen molar-refractivity contribution in [1.29, 1.82) is 5.26 Å². The first-order chi connectivity index (χ1) is 6.78. The lowest BCUT2D eigenvalue weighted by molar-refractivity contribution is 0.149. The number of hydrogen-bond donors (Lipinski definition) is 1. The van der Waals surface area contributed by atoms with Crippen LogP contribution in [0.3, 0.4) is 0 Å². The second kappa shape index (κ2) is 8.95. The lowest BCUT2D eigenvalue weighted by Gasteiger charge is -2.20. The molecule has 0 aliphatic carbocycles. The van der Waals surface area contributed by atoms with Crippen molar-refractivity contribution in [1.82, 2.24) is 10.2 Å². The van der Waals surface area contributed by atoms with E-state index >= 15 is 0 Å². The van der Waals surface area contributed by atoms with Gasteiger partial charge in [-0.05, 0) is 20.0 Å². The van der Waals surface area contributed by atoms with Crippen molar-refractivity contribution < 1.29 is 4.74 Å². The molecule has 0 saturated heterocycles. The highest BCUT2D eigenvalue weighted by molar-refractivity contribution is 4.88. The number of likely N-dealkylation sites (N-methyl/N-ethyl adjacent to an activating group) is 1. The normalized spacial score (nSPS) is 12.8. The third-order valence-corrected chi connectivity index (χ3v) is 2.30. The van der Waals surface area contributed by atoms with Crippen LogP contribution in [0.5, 0.6) is 0 Å². The van der Waals surface area contributed by atoms with E-state index in [9.17, 15) is 0 Å². The average Bonchev–Trinajstić information content (AvgIpc) is 2.23. The molecule has 4 nitrogen and oxygen atoms in total. The number of nitrogens with zero attached hydrogens (tertiary/aromatic N) is 2. The number of ether oxygens (including phenoxy) is 1. The molecule has 0 aromatic heterocycles. The minimum absolute atomic E-state index is 0.0356. The standard InChI is InChI=1S/C10H21N3O/c1-4-13(7-8-14-3)6-5-10(9-11)12-2/h10,12H,4-8H2,1-3H3. The molecule has 0 fully saturated rings. The van der Waals surface area contributed by atoms with E-state index < -0.39 is 0 Å². The van der Waals surface area contributed by atoms with Gasteiger partial charge in [0.2, 0.25) is 0 Å². The number of methoxy groups -OCH3 is 1. The Balaban J connectivity index is 3.66. The van der Waals surface area contributed by atoms with Crippen molar-refractivity contribution in [3.63, 3.8) is 0 Å². The zero-order valence-corrected chi connectivity index (χ0v) is 9.42. The van der Waals surface area contributed by atoms with Gasteiger partial charge in [-0.25, -0.2) is 0 Å². The van der Waals surface area contributed by atoms with Gasteiger partial charge in [-0.2, -0.15) is 5.26 Å². The second-order valence-corrected chi connectivity index (χ2v) is 3.19. The van der Waals surface area contributed by atoms with Gasteiger partial charge in [-0.1, -0.05) is 6.92 Å². The molecule has 0 spiro atoms. The molecule has 1 N–H and O–H groups in total. The Morgan fingerprint density at radius 3 is 2.64 bits per heavy atom. The molecule has 0 aliphatic rings. The summed E-state index contributed by atoms with van der Waals surface area (Å²) in [5.41, 5.74) is 0. The Hall–Kier alpha value is -0.630. The highest BCUT2D eigenvalue weighted by Gasteiger charge is 2.07. The average molecular weight is 199 g/mol. The number of nitrogens with one attached hydrogen (secondary N) is 1. The lowest BCUT2D eigenvalue weighted by Crippen LogP contribution is -2.33. The van der Waals surface area contributed by atoms with Gasteiger partial charge in [0.25, 0.3) is 0 Å². The van der Waals surface area contributed by atoms with E-state index in [0.29, 0.717) is 0 Å². The SMILES string of the molecule is CCN(CCOC)CCC(C#N)NC. The van der Waals surface area contributed by atoms with Crippen LogP contribution in [-0.2, 0) is 4.74 Å². The van der Waals surface area contributed by atoms with Crippen LogP contribution in [0.2, 0.25) is 0 Å². The number of rotatable bonds is 8. The quantitative estimate of drug-likeness (QED) is 0.617. The molecule has 0 aromatic rings. The van der Waals surface area contributed by atoms with Crippen molar-refractivity contribution in [3.8, 4) is 6.07 Å². The van der Waals surface area contributed by atoms with E-state index in [4.69, 9.17) is 10.00 Å². The molecule has 0 amide bonds. The Morgan fingerprint density at radius 2 is 2.21 bits per heavy atom. The van der Waals surface area contributed by atoms with Crippen molar-refractivity contribution in [3.05, 3.63) is 0 Å². The third-order valence-electron chi connectivity index (χ3n) is 2.30. The van der Waals surface area contributed by atoms with Gasteiger partial charge < -0.3 is 15.0 Å². The fourth-order valence-corrected chi connectivity index (χ4v) is 1.23. The van der Waals surface area contributed by atoms with E-state index in [1.807, 2.05) is 7.05 Å². The van der Waals surface area contributed by atoms with Crippen LogP contribution >= 0.6 is 0 Å². The molecular formula is C10H21N3O. The molecule has 0 saturated carbocycles. The second-order valence-electron chi connectivity index (χ2n) is 3.19. The third kappa shape index (κ3) is 5.92. The molecule has 0 bridgehead atoms. The topological polar surface area (TPSA) is 48.3 Å². The molecule has 0 aromatic carbocycles. The predicted molar refractivity (Wildman–Crippen MR) is 57.1 cm³/mol. The van der Waals surface area contributed by atoms with E-state index in [0.717, 1.165) is 32.7 Å². The summed E-state index contributed by atoms with van der Waals surface area (Å²) in [4.78, 5) is 2.28. The molecule has 1 unspecified atom stereocenters. The highest BCUT2D eigenvalue weighted by atomic mass is 16.5. The Kier molecular flexibility index (Phi) is 8.54. The van der Waals surface area contributed by atoms with E-state index in [1.165, 1.54) is 0 Å². The summed E-state index contributed by atoms with van der Waals surface area (Å²) in [6.45, 7) is 5.76. The zero-order valence-electron chi connectivity index (χ0n) is 9.42. The monoisotopic (exact) mass is 199 g/mol. The maximum absolute atomic E-state index is 8.73. The van der Waals surface area contributed by atoms with Crippen molar-refractivity contribution in [2.75, 3.05) is 40.4 Å². The first-order valence-electron chi connectivity index (χ1n) is 5.06. The molecule has 4 heteroatoms. The van der Waals surface area contributed by atoms with Gasteiger partial charge in [0.15, 0.2) is 0 Å². The molecule has 0 aliphatic heterocycles. The molecule has 1 atom stereocenters. The fourth-order valence-electron chi connectivity index (χ4n) is 1.23. The predicted octanol–water partition coefficient (Wildman–Crippen LogP) is 0.456. The smallest absolute Gasteiger partial charge is 0.0962 e. The van der Waals surface area contributed by atoms with E-state index in [1.54, 1.807) is 7.11 Å². The maximum Gasteiger partial charge on any atom is 0.0962 e. The van der Waals surface area contributed by atoms with Crippen molar-refractivity contribution in [2.45, 2.75) is 19.4 Å². The first kappa shape index (κ1) is 13.4. The van der Waals surface area contributed by atoms with E-state index in [2.05, 4.69) is 23.2 Å². The van der Waals surface area contributed by atoms with Gasteiger partial charge in [-0.15, -0.1) is 0 Å². The summed E-state index contributed by atoms with van der Waals surface area (Å²) in [5.74, 6) is 0. The Bertz CT molecular complexity index is 167. The van der Waals surface area contributed by atoms with Crippen LogP contribution < -0.4 is 5.32 Å². The Morgan fingerprint density at radius 1 is 1.50 bits per heavy atom. The van der Waals surface area contributed by atoms with Gasteiger partial charge in [-0.3, -0.25) is 0 Å². The van der Waals surface area contributed by atoms with Crippen LogP contribution in [0.1, 0.15) is 13.3 Å². The van der Waals surface area contributed by atoms with Crippen molar-refractivity contribution in [2.24, 2.45) is 0 Å². The molecule has 14 heavy (non-hydrogen) atoms. The van der Waals surface area contributed by atoms with Crippen LogP contribution in [0.25, 0.3) is 0 Å². The summed E-state index contributed by atoms with van der Waals surface area (Å²) in [6, 6.07) is 2.18. The highest BCUT2D eigenvalue weighted by Crippen LogP contribution is 1.95. The van der Waals surface area contributed by atoms with E-state index in [-0.39, 0.29) is 6.04 Å². The van der Waals surface area contributed by atoms with Gasteiger partial charge in [0, 0.05) is 20.2 Å². The number of nitriles is 1. The number of hydrogen-bond acceptors (Lipinski definition) is 4. The molecule has 0 rings (SSSR count). The summed E-state index contributed by atoms with van der Waals surface area (Å²) >= 11 is 0. The Labute approximate surface area is 86.8 Å². The molecule has 82 valence electrons. The van der Waals surface area contributed by atoms with Gasteiger partial charge in [0.05, 0.1) is 18.7 Å². The maximum atomic E-state index is 8.73. The largest absolute Gasteiger partial charge is 0.383 e. The zero-order chi connectivity index (χ0) is 10.8. The lowest BCUT2D eigenvalue weighted by atomic mass is 10.2. The first-order valence-corrected chi connectivity index (χ1v) is 5.06. The van der Waals surface area contributed by atoms with Gasteiger partial charge in [0.1, 0.15) is 0 Å². The van der Waals surface area contributed by atoms with Crippen LogP contribution in [0.4, 0.5) is 0 Å². The van der Waals surface area contributed by atoms with Crippen LogP contribution in [0, 0.1) is 11.3 Å². The minimum atomic E-state index is -0.0356. The van der Waals surface area contributed by atoms with Gasteiger partial charge >= 0.3 is 0 Å². The summed E-state index contributed by atoms with van der Waals surface area (Å²) in [5, 5.41) is 11.7. The summed E-state index contributed by atoms with van der Waals surface area (Å²) in [7, 11) is 3.53. The molecule has 0 heterocycles. The van der Waals surface area contributed by atoms with Crippen LogP contribution in [0.15, 0.2) is 0 Å². The summed E-state index contributed by atoms with van der Waals surface area (Å²) < 4.78 is 5.01.